The van der Waals surface area contributed by atoms with Crippen LogP contribution in [0, 0.1) is 13.8 Å². The van der Waals surface area contributed by atoms with Crippen molar-refractivity contribution < 1.29 is 27.4 Å². The summed E-state index contributed by atoms with van der Waals surface area (Å²) in [4.78, 5) is 0. The normalized spacial score (nSPS) is 19.5. The van der Waals surface area contributed by atoms with Crippen molar-refractivity contribution in [1.29, 1.82) is 0 Å². The summed E-state index contributed by atoms with van der Waals surface area (Å²) in [5.41, 5.74) is 1.48. The Labute approximate surface area is 180 Å². The minimum absolute atomic E-state index is 0.0461. The largest absolute Gasteiger partial charge is 0.495 e. The van der Waals surface area contributed by atoms with Crippen LogP contribution in [0.1, 0.15) is 23.6 Å². The maximum atomic E-state index is 13.2. The van der Waals surface area contributed by atoms with Gasteiger partial charge in [0.2, 0.25) is 5.82 Å². The number of aliphatic hydroxyl groups excluding tert-OH is 1. The lowest BCUT2D eigenvalue weighted by atomic mass is 10.1. The van der Waals surface area contributed by atoms with E-state index in [1.165, 1.54) is 0 Å². The molecule has 1 aliphatic heterocycles. The number of aliphatic hydroxyl groups is 1. The van der Waals surface area contributed by atoms with Gasteiger partial charge in [-0.25, -0.2) is 8.42 Å². The number of aryl methyl sites for hydroxylation is 2. The molecule has 0 amide bonds. The second-order valence-corrected chi connectivity index (χ2v) is 9.81. The molecule has 4 rings (SSSR count). The third-order valence-electron chi connectivity index (χ3n) is 5.40. The Morgan fingerprint density at radius 2 is 2.03 bits per heavy atom. The second kappa shape index (κ2) is 8.45. The number of hydrogen-bond donors (Lipinski definition) is 1. The van der Waals surface area contributed by atoms with Gasteiger partial charge in [-0.3, -0.25) is 4.57 Å². The molecule has 0 bridgehead atoms. The molecule has 1 saturated heterocycles. The third-order valence-corrected chi connectivity index (χ3v) is 7.43. The Morgan fingerprint density at radius 1 is 1.23 bits per heavy atom. The van der Waals surface area contributed by atoms with Crippen LogP contribution in [0.5, 0.6) is 5.75 Å². The number of rotatable bonds is 6. The number of ether oxygens (including phenoxy) is 2. The van der Waals surface area contributed by atoms with Crippen molar-refractivity contribution in [2.75, 3.05) is 20.3 Å². The fourth-order valence-corrected chi connectivity index (χ4v) is 5.45. The highest BCUT2D eigenvalue weighted by Crippen LogP contribution is 2.33. The first-order valence-corrected chi connectivity index (χ1v) is 11.7. The fourth-order valence-electron chi connectivity index (χ4n) is 3.77. The smallest absolute Gasteiger partial charge is 0.204 e. The molecule has 2 aromatic heterocycles. The zero-order valence-corrected chi connectivity index (χ0v) is 18.4. The van der Waals surface area contributed by atoms with Crippen LogP contribution in [0.2, 0.25) is 0 Å². The maximum Gasteiger partial charge on any atom is 0.204 e. The van der Waals surface area contributed by atoms with Gasteiger partial charge in [-0.15, -0.1) is 10.2 Å². The molecular formula is C21H25N3O6S. The molecule has 1 fully saturated rings. The van der Waals surface area contributed by atoms with Gasteiger partial charge < -0.3 is 19.0 Å². The molecule has 166 valence electrons. The monoisotopic (exact) mass is 447 g/mol. The van der Waals surface area contributed by atoms with Gasteiger partial charge in [0, 0.05) is 6.61 Å². The maximum absolute atomic E-state index is 13.2. The Kier molecular flexibility index (Phi) is 5.87. The highest BCUT2D eigenvalue weighted by molar-refractivity contribution is 7.91. The second-order valence-electron chi connectivity index (χ2n) is 7.59. The summed E-state index contributed by atoms with van der Waals surface area (Å²) in [6.45, 7) is 4.00. The van der Waals surface area contributed by atoms with Crippen LogP contribution in [0.25, 0.3) is 17.3 Å². The summed E-state index contributed by atoms with van der Waals surface area (Å²) >= 11 is 0. The molecule has 0 spiro atoms. The summed E-state index contributed by atoms with van der Waals surface area (Å²) in [5.74, 6) is 1.85. The van der Waals surface area contributed by atoms with E-state index in [0.29, 0.717) is 35.4 Å². The lowest BCUT2D eigenvalue weighted by Gasteiger charge is -2.27. The minimum atomic E-state index is -3.78. The highest BCUT2D eigenvalue weighted by Gasteiger charge is 2.37. The molecule has 0 unspecified atom stereocenters. The van der Waals surface area contributed by atoms with Crippen molar-refractivity contribution in [3.05, 3.63) is 47.5 Å². The van der Waals surface area contributed by atoms with E-state index >= 15 is 0 Å². The first kappa shape index (κ1) is 21.5. The molecule has 9 nitrogen and oxygen atoms in total. The van der Waals surface area contributed by atoms with Crippen molar-refractivity contribution in [3.8, 4) is 23.0 Å². The van der Waals surface area contributed by atoms with Crippen LogP contribution in [0.4, 0.5) is 0 Å². The number of hydrogen-bond acceptors (Lipinski definition) is 8. The average molecular weight is 448 g/mol. The predicted molar refractivity (Wildman–Crippen MR) is 113 cm³/mol. The quantitative estimate of drug-likeness (QED) is 0.611. The molecule has 2 atom stereocenters. The van der Waals surface area contributed by atoms with Crippen molar-refractivity contribution >= 4 is 9.84 Å². The van der Waals surface area contributed by atoms with Gasteiger partial charge in [-0.05, 0) is 44.0 Å². The lowest BCUT2D eigenvalue weighted by Crippen LogP contribution is -2.43. The molecule has 3 heterocycles. The Hall–Kier alpha value is -2.69. The van der Waals surface area contributed by atoms with E-state index in [-0.39, 0.29) is 18.9 Å². The van der Waals surface area contributed by atoms with Crippen LogP contribution >= 0.6 is 0 Å². The van der Waals surface area contributed by atoms with E-state index in [1.54, 1.807) is 29.9 Å². The number of nitrogens with zero attached hydrogens (tertiary/aromatic N) is 3. The molecule has 0 aliphatic carbocycles. The number of benzene rings is 1. The van der Waals surface area contributed by atoms with Gasteiger partial charge in [-0.2, -0.15) is 0 Å². The molecule has 10 heteroatoms. The summed E-state index contributed by atoms with van der Waals surface area (Å²) in [6, 6.07) is 9.10. The molecule has 1 aromatic carbocycles. The van der Waals surface area contributed by atoms with Crippen molar-refractivity contribution in [2.45, 2.75) is 37.4 Å². The minimum Gasteiger partial charge on any atom is -0.495 e. The van der Waals surface area contributed by atoms with E-state index in [0.717, 1.165) is 5.56 Å². The van der Waals surface area contributed by atoms with Crippen molar-refractivity contribution in [2.24, 2.45) is 0 Å². The summed E-state index contributed by atoms with van der Waals surface area (Å²) in [6.07, 6.45) is -0.700. The Morgan fingerprint density at radius 3 is 2.71 bits per heavy atom. The summed E-state index contributed by atoms with van der Waals surface area (Å²) in [5, 5.41) is 17.7. The topological polar surface area (TPSA) is 117 Å². The van der Waals surface area contributed by atoms with Gasteiger partial charge in [0.1, 0.15) is 22.5 Å². The molecule has 0 radical (unpaired) electrons. The average Bonchev–Trinajstić information content (AvgIpc) is 3.33. The number of para-hydroxylation sites is 1. The van der Waals surface area contributed by atoms with E-state index in [2.05, 4.69) is 10.2 Å². The van der Waals surface area contributed by atoms with Crippen LogP contribution in [-0.2, 0) is 20.3 Å². The number of aromatic nitrogens is 3. The Bertz CT molecular complexity index is 1180. The van der Waals surface area contributed by atoms with E-state index in [1.807, 2.05) is 26.0 Å². The number of methoxy groups -OCH3 is 1. The fraction of sp³-hybridized carbons (Fsp3) is 0.429. The van der Waals surface area contributed by atoms with Crippen LogP contribution in [0.15, 0.2) is 34.7 Å². The van der Waals surface area contributed by atoms with Gasteiger partial charge >= 0.3 is 0 Å². The molecule has 1 aliphatic rings. The summed E-state index contributed by atoms with van der Waals surface area (Å²) < 4.78 is 44.6. The molecule has 31 heavy (non-hydrogen) atoms. The highest BCUT2D eigenvalue weighted by atomic mass is 32.2. The Balaban J connectivity index is 1.86. The first-order valence-electron chi connectivity index (χ1n) is 9.94. The van der Waals surface area contributed by atoms with Crippen LogP contribution in [0.3, 0.4) is 0 Å². The van der Waals surface area contributed by atoms with Gasteiger partial charge in [0.15, 0.2) is 21.4 Å². The van der Waals surface area contributed by atoms with Gasteiger partial charge in [0.05, 0.1) is 25.5 Å². The SMILES string of the molecule is COc1cccc(C)c1-n1c(CS(=O)(=O)[C@H]2COCC[C@@H]2O)nnc1-c1ccc(C)o1. The third kappa shape index (κ3) is 4.10. The van der Waals surface area contributed by atoms with Crippen molar-refractivity contribution in [1.82, 2.24) is 14.8 Å². The molecule has 3 aromatic rings. The lowest BCUT2D eigenvalue weighted by molar-refractivity contribution is 0.0175. The van der Waals surface area contributed by atoms with Crippen LogP contribution < -0.4 is 4.74 Å². The van der Waals surface area contributed by atoms with Crippen LogP contribution in [-0.4, -0.2) is 60.0 Å². The van der Waals surface area contributed by atoms with E-state index in [9.17, 15) is 13.5 Å². The molecule has 1 N–H and O–H groups in total. The zero-order valence-electron chi connectivity index (χ0n) is 17.6. The van der Waals surface area contributed by atoms with Gasteiger partial charge in [-0.1, -0.05) is 12.1 Å². The van der Waals surface area contributed by atoms with E-state index in [4.69, 9.17) is 13.9 Å². The predicted octanol–water partition coefficient (Wildman–Crippen LogP) is 2.22. The first-order chi connectivity index (χ1) is 14.8. The molecular weight excluding hydrogens is 422 g/mol. The van der Waals surface area contributed by atoms with Gasteiger partial charge in [0.25, 0.3) is 0 Å². The number of sulfone groups is 1. The number of furan rings is 1. The molecule has 0 saturated carbocycles. The van der Waals surface area contributed by atoms with E-state index < -0.39 is 26.9 Å². The van der Waals surface area contributed by atoms with Crippen molar-refractivity contribution in [3.63, 3.8) is 0 Å². The summed E-state index contributed by atoms with van der Waals surface area (Å²) in [7, 11) is -2.23. The zero-order chi connectivity index (χ0) is 22.2. The standard InChI is InChI=1S/C21H25N3O6S/c1-13-5-4-6-16(28-3)20(13)24-19(22-23-21(24)17-8-7-14(2)30-17)12-31(26,27)18-11-29-10-9-15(18)25/h4-8,15,18,25H,9-12H2,1-3H3/t15-,18-/m0/s1.